The maximum absolute atomic E-state index is 13.1. The summed E-state index contributed by atoms with van der Waals surface area (Å²) < 4.78 is 12.3. The summed E-state index contributed by atoms with van der Waals surface area (Å²) in [6.45, 7) is 5.96. The summed E-state index contributed by atoms with van der Waals surface area (Å²) >= 11 is 0. The molecule has 0 aromatic heterocycles. The quantitative estimate of drug-likeness (QED) is 0.143. The number of aryl methyl sites for hydroxylation is 2. The molecular formula is C46H49N3O4. The molecule has 7 heteroatoms. The van der Waals surface area contributed by atoms with Gasteiger partial charge in [0.05, 0.1) is 0 Å². The first-order chi connectivity index (χ1) is 25.9. The predicted molar refractivity (Wildman–Crippen MR) is 213 cm³/mol. The number of rotatable bonds is 11. The van der Waals surface area contributed by atoms with Crippen LogP contribution >= 0.6 is 0 Å². The zero-order valence-corrected chi connectivity index (χ0v) is 30.8. The second-order valence-electron chi connectivity index (χ2n) is 14.5. The van der Waals surface area contributed by atoms with E-state index in [2.05, 4.69) is 23.6 Å². The average molecular weight is 708 g/mol. The summed E-state index contributed by atoms with van der Waals surface area (Å²) in [5, 5.41) is 6.77. The van der Waals surface area contributed by atoms with Gasteiger partial charge in [0.25, 0.3) is 11.8 Å². The van der Waals surface area contributed by atoms with E-state index in [-0.39, 0.29) is 17.9 Å². The molecule has 7 nitrogen and oxygen atoms in total. The number of hydrogen-bond acceptors (Lipinski definition) is 5. The molecule has 2 fully saturated rings. The summed E-state index contributed by atoms with van der Waals surface area (Å²) in [7, 11) is 0. The number of likely N-dealkylation sites (tertiary alicyclic amines) is 1. The Hall–Kier alpha value is -5.56. The van der Waals surface area contributed by atoms with Gasteiger partial charge >= 0.3 is 0 Å². The van der Waals surface area contributed by atoms with Crippen molar-refractivity contribution in [3.63, 3.8) is 0 Å². The van der Waals surface area contributed by atoms with Gasteiger partial charge < -0.3 is 25.0 Å². The minimum Gasteiger partial charge on any atom is -0.490 e. The molecule has 7 rings (SSSR count). The molecule has 1 aliphatic carbocycles. The van der Waals surface area contributed by atoms with E-state index in [1.807, 2.05) is 121 Å². The molecule has 1 saturated heterocycles. The number of nitrogens with zero attached hydrogens (tertiary/aromatic N) is 1. The molecule has 53 heavy (non-hydrogen) atoms. The smallest absolute Gasteiger partial charge is 0.255 e. The largest absolute Gasteiger partial charge is 0.490 e. The van der Waals surface area contributed by atoms with Crippen molar-refractivity contribution in [3.05, 3.63) is 143 Å². The molecule has 1 saturated carbocycles. The average Bonchev–Trinajstić information content (AvgIpc) is 3.20. The molecule has 2 aliphatic rings. The molecule has 2 amide bonds. The first-order valence-electron chi connectivity index (χ1n) is 19.0. The first kappa shape index (κ1) is 35.8. The third kappa shape index (κ3) is 9.46. The van der Waals surface area contributed by atoms with Gasteiger partial charge in [-0.25, -0.2) is 0 Å². The number of benzene rings is 5. The zero-order valence-electron chi connectivity index (χ0n) is 30.8. The normalized spacial score (nSPS) is 15.1. The van der Waals surface area contributed by atoms with Crippen LogP contribution in [0.4, 0.5) is 11.4 Å². The van der Waals surface area contributed by atoms with Gasteiger partial charge in [0.15, 0.2) is 0 Å². The van der Waals surface area contributed by atoms with Crippen molar-refractivity contribution in [2.24, 2.45) is 0 Å². The van der Waals surface area contributed by atoms with E-state index in [0.717, 1.165) is 63.5 Å². The Kier molecular flexibility index (Phi) is 11.4. The van der Waals surface area contributed by atoms with E-state index >= 15 is 0 Å². The molecule has 0 unspecified atom stereocenters. The van der Waals surface area contributed by atoms with Crippen LogP contribution in [0.15, 0.2) is 115 Å². The second kappa shape index (κ2) is 16.8. The van der Waals surface area contributed by atoms with Crippen LogP contribution in [0.2, 0.25) is 0 Å². The van der Waals surface area contributed by atoms with Crippen LogP contribution in [0.25, 0.3) is 11.1 Å². The van der Waals surface area contributed by atoms with Crippen LogP contribution in [-0.4, -0.2) is 41.9 Å². The molecule has 0 spiro atoms. The highest BCUT2D eigenvalue weighted by Gasteiger charge is 2.25. The highest BCUT2D eigenvalue weighted by Crippen LogP contribution is 2.28. The van der Waals surface area contributed by atoms with E-state index in [9.17, 15) is 9.59 Å². The fourth-order valence-electron chi connectivity index (χ4n) is 7.16. The number of hydrogen-bond donors (Lipinski definition) is 2. The zero-order chi connectivity index (χ0) is 36.6. The maximum Gasteiger partial charge on any atom is 0.255 e. The third-order valence-corrected chi connectivity index (χ3v) is 10.5. The Bertz CT molecular complexity index is 1980. The lowest BCUT2D eigenvalue weighted by atomic mass is 9.95. The number of carbonyl (C=O) groups excluding carboxylic acids is 2. The Morgan fingerprint density at radius 3 is 1.98 bits per heavy atom. The van der Waals surface area contributed by atoms with Crippen molar-refractivity contribution in [1.29, 1.82) is 0 Å². The molecule has 2 N–H and O–H groups in total. The Labute approximate surface area is 313 Å². The molecule has 0 bridgehead atoms. The highest BCUT2D eigenvalue weighted by atomic mass is 16.5. The second-order valence-corrected chi connectivity index (χ2v) is 14.5. The minimum atomic E-state index is -0.125. The van der Waals surface area contributed by atoms with Crippen molar-refractivity contribution < 1.29 is 19.1 Å². The summed E-state index contributed by atoms with van der Waals surface area (Å²) in [6, 6.07) is 38.1. The van der Waals surface area contributed by atoms with Crippen LogP contribution in [0.3, 0.4) is 0 Å². The number of anilines is 2. The van der Waals surface area contributed by atoms with E-state index < -0.39 is 0 Å². The summed E-state index contributed by atoms with van der Waals surface area (Å²) in [6.07, 6.45) is 7.98. The molecular weight excluding hydrogens is 659 g/mol. The number of amides is 2. The van der Waals surface area contributed by atoms with Gasteiger partial charge in [-0.05, 0) is 110 Å². The number of piperidine rings is 1. The Balaban J connectivity index is 0.856. The van der Waals surface area contributed by atoms with Gasteiger partial charge in [0.2, 0.25) is 0 Å². The predicted octanol–water partition coefficient (Wildman–Crippen LogP) is 10.2. The third-order valence-electron chi connectivity index (χ3n) is 10.5. The Morgan fingerprint density at radius 1 is 0.679 bits per heavy atom. The van der Waals surface area contributed by atoms with Gasteiger partial charge in [-0.1, -0.05) is 79.4 Å². The monoisotopic (exact) mass is 707 g/mol. The maximum atomic E-state index is 13.1. The van der Waals surface area contributed by atoms with Crippen molar-refractivity contribution >= 4 is 23.2 Å². The van der Waals surface area contributed by atoms with E-state index in [4.69, 9.17) is 9.47 Å². The van der Waals surface area contributed by atoms with Crippen LogP contribution < -0.4 is 20.1 Å². The molecule has 0 radical (unpaired) electrons. The topological polar surface area (TPSA) is 79.9 Å². The van der Waals surface area contributed by atoms with E-state index in [1.165, 1.54) is 37.7 Å². The molecule has 5 aromatic rings. The summed E-state index contributed by atoms with van der Waals surface area (Å²) in [5.74, 6) is 1.58. The minimum absolute atomic E-state index is 0.0893. The number of ether oxygens (including phenoxy) is 2. The van der Waals surface area contributed by atoms with E-state index in [1.54, 1.807) is 0 Å². The van der Waals surface area contributed by atoms with Crippen molar-refractivity contribution in [2.75, 3.05) is 23.7 Å². The molecule has 1 heterocycles. The standard InChI is InChI=1S/C46H49N3O4/c1-32-8-13-38(14-9-32)46(51)49-28-26-43(27-29-49)53-42-22-11-34(12-23-42)31-52-41-24-19-36(20-25-41)35-15-17-37(18-16-35)45(50)48-40-21-10-33(2)44(30-40)47-39-6-4-3-5-7-39/h8-25,30,39,43,47H,3-7,26-29,31H2,1-2H3,(H,48,50). The van der Waals surface area contributed by atoms with Gasteiger partial charge in [-0.3, -0.25) is 9.59 Å². The van der Waals surface area contributed by atoms with Crippen molar-refractivity contribution in [1.82, 2.24) is 4.90 Å². The first-order valence-corrected chi connectivity index (χ1v) is 19.0. The fourth-order valence-corrected chi connectivity index (χ4v) is 7.16. The molecule has 272 valence electrons. The van der Waals surface area contributed by atoms with E-state index in [0.29, 0.717) is 31.3 Å². The Morgan fingerprint density at radius 2 is 1.30 bits per heavy atom. The van der Waals surface area contributed by atoms with Crippen molar-refractivity contribution in [2.45, 2.75) is 77.5 Å². The lowest BCUT2D eigenvalue weighted by molar-refractivity contribution is 0.0595. The van der Waals surface area contributed by atoms with Crippen LogP contribution in [-0.2, 0) is 6.61 Å². The van der Waals surface area contributed by atoms with Gasteiger partial charge in [0.1, 0.15) is 24.2 Å². The SMILES string of the molecule is Cc1ccc(C(=O)N2CCC(Oc3ccc(COc4ccc(-c5ccc(C(=O)Nc6ccc(C)c(NC7CCCCC7)c6)cc5)cc4)cc3)CC2)cc1. The summed E-state index contributed by atoms with van der Waals surface area (Å²) in [5.41, 5.74) is 8.71. The highest BCUT2D eigenvalue weighted by molar-refractivity contribution is 6.04. The molecule has 5 aromatic carbocycles. The van der Waals surface area contributed by atoms with Crippen LogP contribution in [0.5, 0.6) is 11.5 Å². The van der Waals surface area contributed by atoms with Gasteiger partial charge in [-0.15, -0.1) is 0 Å². The van der Waals surface area contributed by atoms with Crippen LogP contribution in [0, 0.1) is 13.8 Å². The van der Waals surface area contributed by atoms with Crippen molar-refractivity contribution in [3.8, 4) is 22.6 Å². The molecule has 0 atom stereocenters. The van der Waals surface area contributed by atoms with Gasteiger partial charge in [0, 0.05) is 54.5 Å². The lowest BCUT2D eigenvalue weighted by Gasteiger charge is -2.32. The number of carbonyl (C=O) groups is 2. The number of nitrogens with one attached hydrogen (secondary N) is 2. The van der Waals surface area contributed by atoms with Crippen LogP contribution in [0.1, 0.15) is 82.4 Å². The lowest BCUT2D eigenvalue weighted by Crippen LogP contribution is -2.41. The van der Waals surface area contributed by atoms with Gasteiger partial charge in [-0.2, -0.15) is 0 Å². The summed E-state index contributed by atoms with van der Waals surface area (Å²) in [4.78, 5) is 27.9. The molecule has 1 aliphatic heterocycles. The fraction of sp³-hybridized carbons (Fsp3) is 0.304.